The lowest BCUT2D eigenvalue weighted by atomic mass is 9.79. The largest absolute Gasteiger partial charge is 0.497 e. The Morgan fingerprint density at radius 2 is 1.75 bits per heavy atom. The van der Waals surface area contributed by atoms with E-state index in [2.05, 4.69) is 0 Å². The van der Waals surface area contributed by atoms with E-state index in [-0.39, 0.29) is 11.7 Å². The van der Waals surface area contributed by atoms with E-state index in [0.29, 0.717) is 17.9 Å². The zero-order valence-corrected chi connectivity index (χ0v) is 14.3. The highest BCUT2D eigenvalue weighted by Crippen LogP contribution is 2.33. The van der Waals surface area contributed by atoms with Gasteiger partial charge in [0.1, 0.15) is 5.75 Å². The number of ketones is 1. The molecule has 0 aromatic heterocycles. The van der Waals surface area contributed by atoms with E-state index in [1.807, 2.05) is 36.4 Å². The predicted octanol–water partition coefficient (Wildman–Crippen LogP) is 3.70. The van der Waals surface area contributed by atoms with E-state index in [1.165, 1.54) is 0 Å². The molecule has 0 heterocycles. The van der Waals surface area contributed by atoms with Crippen molar-refractivity contribution in [3.63, 3.8) is 0 Å². The van der Waals surface area contributed by atoms with Crippen LogP contribution in [0.1, 0.15) is 27.9 Å². The molecule has 2 aromatic rings. The minimum Gasteiger partial charge on any atom is -0.497 e. The van der Waals surface area contributed by atoms with E-state index in [4.69, 9.17) is 14.2 Å². The van der Waals surface area contributed by atoms with Crippen LogP contribution >= 0.6 is 0 Å². The first-order valence-electron chi connectivity index (χ1n) is 8.08. The van der Waals surface area contributed by atoms with Gasteiger partial charge in [0.15, 0.2) is 17.3 Å². The summed E-state index contributed by atoms with van der Waals surface area (Å²) in [4.78, 5) is 12.8. The minimum absolute atomic E-state index is 0.00370. The number of rotatable bonds is 5. The van der Waals surface area contributed by atoms with Crippen LogP contribution in [0.2, 0.25) is 0 Å². The molecule has 2 aromatic carbocycles. The molecule has 1 aliphatic carbocycles. The molecule has 0 bridgehead atoms. The minimum atomic E-state index is 0.00370. The molecule has 1 unspecified atom stereocenters. The van der Waals surface area contributed by atoms with Crippen LogP contribution in [0.15, 0.2) is 36.4 Å². The second-order valence-corrected chi connectivity index (χ2v) is 6.02. The summed E-state index contributed by atoms with van der Waals surface area (Å²) in [5.41, 5.74) is 3.00. The van der Waals surface area contributed by atoms with Crippen molar-refractivity contribution < 1.29 is 19.0 Å². The van der Waals surface area contributed by atoms with Crippen LogP contribution in [0.5, 0.6) is 17.2 Å². The monoisotopic (exact) mass is 326 g/mol. The number of hydrogen-bond acceptors (Lipinski definition) is 4. The van der Waals surface area contributed by atoms with E-state index >= 15 is 0 Å². The zero-order chi connectivity index (χ0) is 17.1. The van der Waals surface area contributed by atoms with Gasteiger partial charge >= 0.3 is 0 Å². The van der Waals surface area contributed by atoms with E-state index in [1.54, 1.807) is 21.3 Å². The molecule has 3 rings (SSSR count). The Hall–Kier alpha value is -2.49. The Balaban J connectivity index is 1.80. The Morgan fingerprint density at radius 1 is 0.958 bits per heavy atom. The number of methoxy groups -OCH3 is 3. The van der Waals surface area contributed by atoms with Gasteiger partial charge in [-0.25, -0.2) is 0 Å². The highest BCUT2D eigenvalue weighted by atomic mass is 16.5. The Bertz CT molecular complexity index is 751. The molecule has 0 aliphatic heterocycles. The van der Waals surface area contributed by atoms with Gasteiger partial charge in [0.2, 0.25) is 0 Å². The molecule has 0 N–H and O–H groups in total. The average Bonchev–Trinajstić information content (AvgIpc) is 2.63. The molecule has 126 valence electrons. The van der Waals surface area contributed by atoms with Crippen molar-refractivity contribution in [1.29, 1.82) is 0 Å². The van der Waals surface area contributed by atoms with Crippen LogP contribution in [0, 0.1) is 5.92 Å². The van der Waals surface area contributed by atoms with Crippen LogP contribution in [-0.2, 0) is 12.8 Å². The molecular formula is C20H22O4. The van der Waals surface area contributed by atoms with Gasteiger partial charge in [-0.1, -0.05) is 6.07 Å². The topological polar surface area (TPSA) is 44.8 Å². The van der Waals surface area contributed by atoms with Gasteiger partial charge in [0.05, 0.1) is 21.3 Å². The van der Waals surface area contributed by atoms with E-state index < -0.39 is 0 Å². The smallest absolute Gasteiger partial charge is 0.166 e. The van der Waals surface area contributed by atoms with E-state index in [9.17, 15) is 4.79 Å². The summed E-state index contributed by atoms with van der Waals surface area (Å²) in [7, 11) is 4.89. The summed E-state index contributed by atoms with van der Waals surface area (Å²) < 4.78 is 15.9. The van der Waals surface area contributed by atoms with Gasteiger partial charge < -0.3 is 14.2 Å². The molecule has 0 amide bonds. The first-order valence-corrected chi connectivity index (χ1v) is 8.08. The lowest BCUT2D eigenvalue weighted by molar-refractivity contribution is 0.0901. The van der Waals surface area contributed by atoms with Gasteiger partial charge in [-0.05, 0) is 60.7 Å². The third kappa shape index (κ3) is 3.09. The zero-order valence-electron chi connectivity index (χ0n) is 14.3. The van der Waals surface area contributed by atoms with Crippen molar-refractivity contribution in [2.24, 2.45) is 5.92 Å². The van der Waals surface area contributed by atoms with Crippen LogP contribution < -0.4 is 14.2 Å². The Morgan fingerprint density at radius 3 is 2.46 bits per heavy atom. The SMILES string of the molecule is COc1ccc2c(c1)CCC(Cc1ccc(OC)c(OC)c1)C2=O. The standard InChI is InChI=1S/C20H22O4/c1-22-16-7-8-17-14(12-16)5-6-15(20(17)21)10-13-4-9-18(23-2)19(11-13)24-3/h4,7-9,11-12,15H,5-6,10H2,1-3H3. The molecule has 4 nitrogen and oxygen atoms in total. The predicted molar refractivity (Wildman–Crippen MR) is 92.4 cm³/mol. The molecule has 24 heavy (non-hydrogen) atoms. The maximum atomic E-state index is 12.8. The lowest BCUT2D eigenvalue weighted by Crippen LogP contribution is -2.24. The quantitative estimate of drug-likeness (QED) is 0.840. The molecular weight excluding hydrogens is 304 g/mol. The van der Waals surface area contributed by atoms with Gasteiger partial charge in [-0.2, -0.15) is 0 Å². The van der Waals surface area contributed by atoms with Gasteiger partial charge in [0, 0.05) is 11.5 Å². The van der Waals surface area contributed by atoms with Crippen LogP contribution in [0.3, 0.4) is 0 Å². The fourth-order valence-electron chi connectivity index (χ4n) is 3.31. The number of carbonyl (C=O) groups is 1. The molecule has 0 radical (unpaired) electrons. The number of aryl methyl sites for hydroxylation is 1. The molecule has 0 saturated carbocycles. The molecule has 0 saturated heterocycles. The first kappa shape index (κ1) is 16.4. The maximum Gasteiger partial charge on any atom is 0.166 e. The number of carbonyl (C=O) groups excluding carboxylic acids is 1. The van der Waals surface area contributed by atoms with Crippen LogP contribution in [-0.4, -0.2) is 27.1 Å². The fraction of sp³-hybridized carbons (Fsp3) is 0.350. The third-order valence-electron chi connectivity index (χ3n) is 4.64. The number of ether oxygens (including phenoxy) is 3. The van der Waals surface area contributed by atoms with Crippen molar-refractivity contribution in [3.8, 4) is 17.2 Å². The molecule has 1 atom stereocenters. The summed E-state index contributed by atoms with van der Waals surface area (Å²) in [6, 6.07) is 11.6. The summed E-state index contributed by atoms with van der Waals surface area (Å²) in [5.74, 6) is 2.43. The molecule has 1 aliphatic rings. The van der Waals surface area contributed by atoms with Gasteiger partial charge in [-0.3, -0.25) is 4.79 Å². The van der Waals surface area contributed by atoms with Crippen molar-refractivity contribution >= 4 is 5.78 Å². The molecule has 4 heteroatoms. The number of hydrogen-bond donors (Lipinski definition) is 0. The summed E-state index contributed by atoms with van der Waals surface area (Å²) in [6.45, 7) is 0. The third-order valence-corrected chi connectivity index (χ3v) is 4.64. The Labute approximate surface area is 142 Å². The van der Waals surface area contributed by atoms with Gasteiger partial charge in [0.25, 0.3) is 0 Å². The second kappa shape index (κ2) is 6.95. The summed E-state index contributed by atoms with van der Waals surface area (Å²) in [5, 5.41) is 0. The first-order chi connectivity index (χ1) is 11.7. The Kier molecular flexibility index (Phi) is 4.74. The van der Waals surface area contributed by atoms with Crippen LogP contribution in [0.25, 0.3) is 0 Å². The lowest BCUT2D eigenvalue weighted by Gasteiger charge is -2.24. The number of Topliss-reactive ketones (excluding diaryl/α,β-unsaturated/α-hetero) is 1. The number of fused-ring (bicyclic) bond motifs is 1. The summed E-state index contributed by atoms with van der Waals surface area (Å²) in [6.07, 6.45) is 2.47. The average molecular weight is 326 g/mol. The molecule has 0 spiro atoms. The second-order valence-electron chi connectivity index (χ2n) is 6.02. The summed E-state index contributed by atoms with van der Waals surface area (Å²) >= 11 is 0. The normalized spacial score (nSPS) is 16.5. The maximum absolute atomic E-state index is 12.8. The van der Waals surface area contributed by atoms with E-state index in [0.717, 1.165) is 35.3 Å². The van der Waals surface area contributed by atoms with Crippen molar-refractivity contribution in [3.05, 3.63) is 53.1 Å². The number of benzene rings is 2. The van der Waals surface area contributed by atoms with Gasteiger partial charge in [-0.15, -0.1) is 0 Å². The van der Waals surface area contributed by atoms with Crippen molar-refractivity contribution in [2.45, 2.75) is 19.3 Å². The fourth-order valence-corrected chi connectivity index (χ4v) is 3.31. The molecule has 0 fully saturated rings. The van der Waals surface area contributed by atoms with Crippen LogP contribution in [0.4, 0.5) is 0 Å². The van der Waals surface area contributed by atoms with Crippen molar-refractivity contribution in [1.82, 2.24) is 0 Å². The highest BCUT2D eigenvalue weighted by Gasteiger charge is 2.28. The van der Waals surface area contributed by atoms with Crippen molar-refractivity contribution in [2.75, 3.05) is 21.3 Å². The highest BCUT2D eigenvalue weighted by molar-refractivity contribution is 6.00.